The molecule has 0 N–H and O–H groups in total. The lowest BCUT2D eigenvalue weighted by Gasteiger charge is -2.53. The maximum atomic E-state index is 1.65. The summed E-state index contributed by atoms with van der Waals surface area (Å²) in [4.78, 5) is 0. The van der Waals surface area contributed by atoms with Gasteiger partial charge in [-0.15, -0.1) is 0 Å². The van der Waals surface area contributed by atoms with Crippen molar-refractivity contribution in [3.8, 4) is 0 Å². The second-order valence-corrected chi connectivity index (χ2v) is 4.29. The lowest BCUT2D eigenvalue weighted by Crippen LogP contribution is -2.47. The van der Waals surface area contributed by atoms with E-state index in [2.05, 4.69) is 0 Å². The maximum Gasteiger partial charge on any atom is -0.0315 e. The molecule has 0 nitrogen and oxygen atoms in total. The van der Waals surface area contributed by atoms with Crippen molar-refractivity contribution < 1.29 is 0 Å². The third-order valence-electron chi connectivity index (χ3n) is 4.42. The fraction of sp³-hybridized carbons (Fsp3) is 1.00. The van der Waals surface area contributed by atoms with Crippen molar-refractivity contribution in [1.82, 2.24) is 0 Å². The van der Waals surface area contributed by atoms with E-state index in [1.807, 2.05) is 0 Å². The van der Waals surface area contributed by atoms with Crippen LogP contribution in [0, 0.1) is 35.5 Å². The number of hydrogen-bond acceptors (Lipinski definition) is 0. The van der Waals surface area contributed by atoms with Crippen molar-refractivity contribution in [1.29, 1.82) is 0 Å². The Labute approximate surface area is 49.3 Å². The molecular formula is C8H10. The van der Waals surface area contributed by atoms with E-state index >= 15 is 0 Å². The summed E-state index contributed by atoms with van der Waals surface area (Å²) in [6.45, 7) is 0. The van der Waals surface area contributed by atoms with E-state index < -0.39 is 0 Å². The van der Waals surface area contributed by atoms with Gasteiger partial charge in [-0.05, 0) is 48.3 Å². The Kier molecular flexibility index (Phi) is 0.255. The van der Waals surface area contributed by atoms with Gasteiger partial charge >= 0.3 is 0 Å². The first-order valence-corrected chi connectivity index (χ1v) is 3.97. The van der Waals surface area contributed by atoms with Crippen LogP contribution in [0.25, 0.3) is 0 Å². The van der Waals surface area contributed by atoms with Crippen LogP contribution < -0.4 is 0 Å². The summed E-state index contributed by atoms with van der Waals surface area (Å²) in [7, 11) is 0. The molecule has 4 aliphatic carbocycles. The molecule has 4 aliphatic rings. The summed E-state index contributed by atoms with van der Waals surface area (Å²) < 4.78 is 0. The molecule has 0 aromatic heterocycles. The molecule has 0 saturated heterocycles. The van der Waals surface area contributed by atoms with Gasteiger partial charge in [-0.2, -0.15) is 0 Å². The van der Waals surface area contributed by atoms with Crippen molar-refractivity contribution >= 4 is 0 Å². The van der Waals surface area contributed by atoms with Crippen molar-refractivity contribution in [3.05, 3.63) is 0 Å². The SMILES string of the molecule is C1C2CC3C4C1C2C34. The Balaban J connectivity index is 2.00. The van der Waals surface area contributed by atoms with Gasteiger partial charge in [-0.3, -0.25) is 0 Å². The lowest BCUT2D eigenvalue weighted by molar-refractivity contribution is -0.0454. The molecule has 0 aromatic carbocycles. The molecule has 0 aliphatic heterocycles. The number of fused-ring (bicyclic) bond motifs is 2. The van der Waals surface area contributed by atoms with E-state index in [9.17, 15) is 0 Å². The first-order valence-electron chi connectivity index (χ1n) is 3.97. The normalized spacial score (nSPS) is 87.0. The average Bonchev–Trinajstić information content (AvgIpc) is 2.32. The highest BCUT2D eigenvalue weighted by Gasteiger charge is 2.79. The van der Waals surface area contributed by atoms with Gasteiger partial charge in [-0.1, -0.05) is 0 Å². The van der Waals surface area contributed by atoms with Crippen LogP contribution in [0.4, 0.5) is 0 Å². The molecule has 6 unspecified atom stereocenters. The van der Waals surface area contributed by atoms with E-state index in [4.69, 9.17) is 0 Å². The van der Waals surface area contributed by atoms with E-state index in [0.717, 1.165) is 0 Å². The highest BCUT2D eigenvalue weighted by Crippen LogP contribution is 2.85. The molecule has 8 heavy (non-hydrogen) atoms. The second-order valence-electron chi connectivity index (χ2n) is 4.29. The Morgan fingerprint density at radius 3 is 1.75 bits per heavy atom. The second kappa shape index (κ2) is 0.630. The predicted octanol–water partition coefficient (Wildman–Crippen LogP) is 1.52. The summed E-state index contributed by atoms with van der Waals surface area (Å²) in [5, 5.41) is 0. The maximum absolute atomic E-state index is 1.65. The van der Waals surface area contributed by atoms with Gasteiger partial charge in [0, 0.05) is 0 Å². The summed E-state index contributed by atoms with van der Waals surface area (Å²) in [6, 6.07) is 0. The van der Waals surface area contributed by atoms with Crippen molar-refractivity contribution in [3.63, 3.8) is 0 Å². The zero-order chi connectivity index (χ0) is 4.88. The van der Waals surface area contributed by atoms with E-state index in [-0.39, 0.29) is 0 Å². The molecule has 42 valence electrons. The molecule has 0 bridgehead atoms. The first-order chi connectivity index (χ1) is 3.97. The van der Waals surface area contributed by atoms with Crippen molar-refractivity contribution in [2.75, 3.05) is 0 Å². The van der Waals surface area contributed by atoms with Crippen LogP contribution in [-0.4, -0.2) is 0 Å². The van der Waals surface area contributed by atoms with E-state index in [1.54, 1.807) is 12.8 Å². The third-order valence-corrected chi connectivity index (χ3v) is 4.42. The molecule has 0 heteroatoms. The average molecular weight is 106 g/mol. The predicted molar refractivity (Wildman–Crippen MR) is 30.2 cm³/mol. The molecule has 0 aromatic rings. The molecule has 4 rings (SSSR count). The Morgan fingerprint density at radius 1 is 0.750 bits per heavy atom. The topological polar surface area (TPSA) is 0 Å². The van der Waals surface area contributed by atoms with Crippen molar-refractivity contribution in [2.45, 2.75) is 12.8 Å². The van der Waals surface area contributed by atoms with Gasteiger partial charge in [0.05, 0.1) is 0 Å². The Bertz CT molecular complexity index is 148. The Hall–Kier alpha value is 0. The fourth-order valence-electron chi connectivity index (χ4n) is 4.18. The molecule has 0 spiro atoms. The molecular weight excluding hydrogens is 96.1 g/mol. The standard InChI is InChI=1S/C8H10/c1-3-2-5-7-4(1)6(3)8(5)7/h3-8H,1-2H2. The molecule has 4 fully saturated rings. The van der Waals surface area contributed by atoms with Gasteiger partial charge in [0.25, 0.3) is 0 Å². The monoisotopic (exact) mass is 106 g/mol. The Morgan fingerprint density at radius 2 is 1.50 bits per heavy atom. The van der Waals surface area contributed by atoms with Crippen LogP contribution >= 0.6 is 0 Å². The summed E-state index contributed by atoms with van der Waals surface area (Å²) in [5.41, 5.74) is 0. The number of hydrogen-bond donors (Lipinski definition) is 0. The van der Waals surface area contributed by atoms with Crippen LogP contribution in [0.15, 0.2) is 0 Å². The highest BCUT2D eigenvalue weighted by molar-refractivity contribution is 5.27. The first kappa shape index (κ1) is 3.24. The smallest absolute Gasteiger partial charge is 0.0315 e. The third kappa shape index (κ3) is 0.130. The van der Waals surface area contributed by atoms with Crippen LogP contribution in [-0.2, 0) is 0 Å². The van der Waals surface area contributed by atoms with Gasteiger partial charge in [-0.25, -0.2) is 0 Å². The summed E-state index contributed by atoms with van der Waals surface area (Å²) in [5.74, 6) is 7.71. The quantitative estimate of drug-likeness (QED) is 0.439. The largest absolute Gasteiger partial charge is 0.0467 e. The van der Waals surface area contributed by atoms with Gasteiger partial charge in [0.15, 0.2) is 0 Å². The minimum absolute atomic E-state index is 1.25. The van der Waals surface area contributed by atoms with Crippen LogP contribution in [0.5, 0.6) is 0 Å². The van der Waals surface area contributed by atoms with Crippen LogP contribution in [0.1, 0.15) is 12.8 Å². The van der Waals surface area contributed by atoms with Gasteiger partial charge < -0.3 is 0 Å². The number of rotatable bonds is 0. The molecule has 0 heterocycles. The molecule has 4 saturated carbocycles. The molecule has 0 radical (unpaired) electrons. The zero-order valence-electron chi connectivity index (χ0n) is 4.88. The van der Waals surface area contributed by atoms with E-state index in [1.165, 1.54) is 35.5 Å². The minimum Gasteiger partial charge on any atom is -0.0467 e. The highest BCUT2D eigenvalue weighted by atomic mass is 14.8. The van der Waals surface area contributed by atoms with Crippen molar-refractivity contribution in [2.24, 2.45) is 35.5 Å². The zero-order valence-corrected chi connectivity index (χ0v) is 4.88. The summed E-state index contributed by atoms with van der Waals surface area (Å²) >= 11 is 0. The van der Waals surface area contributed by atoms with Crippen LogP contribution in [0.3, 0.4) is 0 Å². The van der Waals surface area contributed by atoms with Crippen LogP contribution in [0.2, 0.25) is 0 Å². The van der Waals surface area contributed by atoms with Gasteiger partial charge in [0.2, 0.25) is 0 Å². The van der Waals surface area contributed by atoms with E-state index in [0.29, 0.717) is 0 Å². The fourth-order valence-corrected chi connectivity index (χ4v) is 4.18. The lowest BCUT2D eigenvalue weighted by atomic mass is 9.52. The summed E-state index contributed by atoms with van der Waals surface area (Å²) in [6.07, 6.45) is 3.29. The molecule has 0 amide bonds. The van der Waals surface area contributed by atoms with Gasteiger partial charge in [0.1, 0.15) is 0 Å². The minimum atomic E-state index is 1.25. The molecule has 6 atom stereocenters.